The van der Waals surface area contributed by atoms with Crippen molar-refractivity contribution in [2.24, 2.45) is 0 Å². The van der Waals surface area contributed by atoms with Crippen LogP contribution in [0.1, 0.15) is 24.2 Å². The Labute approximate surface area is 225 Å². The van der Waals surface area contributed by atoms with E-state index >= 15 is 4.39 Å². The van der Waals surface area contributed by atoms with E-state index in [2.05, 4.69) is 15.3 Å². The number of nitrogens with one attached hydrogen (secondary N) is 1. The topological polar surface area (TPSA) is 91.8 Å². The summed E-state index contributed by atoms with van der Waals surface area (Å²) in [7, 11) is 4.52. The zero-order valence-corrected chi connectivity index (χ0v) is 22.2. The number of halogens is 1. The van der Waals surface area contributed by atoms with Crippen LogP contribution in [-0.2, 0) is 0 Å². The minimum atomic E-state index is -0.533. The van der Waals surface area contributed by atoms with Crippen LogP contribution >= 0.6 is 0 Å². The highest BCUT2D eigenvalue weighted by Crippen LogP contribution is 2.38. The van der Waals surface area contributed by atoms with Crippen LogP contribution in [0.15, 0.2) is 73.1 Å². The second-order valence-corrected chi connectivity index (χ2v) is 7.96. The van der Waals surface area contributed by atoms with Gasteiger partial charge in [0.25, 0.3) is 5.91 Å². The van der Waals surface area contributed by atoms with Gasteiger partial charge in [-0.15, -0.1) is 0 Å². The molecule has 1 N–H and O–H groups in total. The van der Waals surface area contributed by atoms with Gasteiger partial charge in [0.1, 0.15) is 11.3 Å². The number of hydrogen-bond donors (Lipinski definition) is 1. The van der Waals surface area contributed by atoms with E-state index in [1.54, 1.807) is 74.0 Å². The lowest BCUT2D eigenvalue weighted by atomic mass is 10.1. The highest BCUT2D eigenvalue weighted by atomic mass is 19.1. The largest absolute Gasteiger partial charge is 0.493 e. The van der Waals surface area contributed by atoms with Gasteiger partial charge in [-0.2, -0.15) is 0 Å². The van der Waals surface area contributed by atoms with Gasteiger partial charge in [0.2, 0.25) is 5.88 Å². The van der Waals surface area contributed by atoms with Crippen LogP contribution in [0.25, 0.3) is 21.7 Å². The van der Waals surface area contributed by atoms with E-state index < -0.39 is 5.82 Å². The summed E-state index contributed by atoms with van der Waals surface area (Å²) >= 11 is 0. The third-order valence-electron chi connectivity index (χ3n) is 5.81. The number of methoxy groups -OCH3 is 3. The van der Waals surface area contributed by atoms with Crippen molar-refractivity contribution in [1.82, 2.24) is 9.97 Å². The number of pyridine rings is 2. The molecule has 0 radical (unpaired) electrons. The van der Waals surface area contributed by atoms with Gasteiger partial charge in [-0.05, 0) is 53.9 Å². The number of amides is 1. The predicted molar refractivity (Wildman–Crippen MR) is 149 cm³/mol. The lowest BCUT2D eigenvalue weighted by Gasteiger charge is -2.14. The van der Waals surface area contributed by atoms with Crippen LogP contribution in [0.5, 0.6) is 28.9 Å². The van der Waals surface area contributed by atoms with E-state index in [-0.39, 0.29) is 17.5 Å². The minimum absolute atomic E-state index is 0.0478. The van der Waals surface area contributed by atoms with E-state index in [0.29, 0.717) is 50.2 Å². The summed E-state index contributed by atoms with van der Waals surface area (Å²) in [6.45, 7) is 4.00. The summed E-state index contributed by atoms with van der Waals surface area (Å²) < 4.78 is 37.3. The fourth-order valence-electron chi connectivity index (χ4n) is 4.01. The van der Waals surface area contributed by atoms with Crippen molar-refractivity contribution in [2.75, 3.05) is 26.6 Å². The Morgan fingerprint density at radius 1 is 0.769 bits per heavy atom. The number of rotatable bonds is 7. The fraction of sp³-hybridized carbons (Fsp3) is 0.167. The van der Waals surface area contributed by atoms with Crippen molar-refractivity contribution in [1.29, 1.82) is 0 Å². The molecule has 0 aliphatic carbocycles. The number of carbonyl (C=O) groups is 1. The van der Waals surface area contributed by atoms with Crippen LogP contribution in [0.2, 0.25) is 0 Å². The van der Waals surface area contributed by atoms with E-state index in [1.807, 2.05) is 13.8 Å². The number of fused-ring (bicyclic) bond motifs is 2. The number of benzene rings is 3. The summed E-state index contributed by atoms with van der Waals surface area (Å²) in [5.41, 5.74) is 1.40. The van der Waals surface area contributed by atoms with Gasteiger partial charge in [-0.1, -0.05) is 19.9 Å². The first-order valence-electron chi connectivity index (χ1n) is 12.2. The highest BCUT2D eigenvalue weighted by Gasteiger charge is 2.16. The van der Waals surface area contributed by atoms with Crippen LogP contribution < -0.4 is 24.3 Å². The standard InChI is InChI=1S/C28H22FN3O5.C2H6/c1-34-24-14-20-21(15-25(24)35-2)30-12-10-22(20)37-23-9-6-16-13-17(7-8-18(16)26(23)29)32-27(33)19-5-4-11-31-28(19)36-3;1-2/h4-15H,1-3H3,(H,32,33);1-2H3. The van der Waals surface area contributed by atoms with Crippen LogP contribution in [0, 0.1) is 5.82 Å². The Bertz CT molecular complexity index is 1640. The van der Waals surface area contributed by atoms with Gasteiger partial charge >= 0.3 is 0 Å². The SMILES string of the molecule is CC.COc1cc2nccc(Oc3ccc4cc(NC(=O)c5cccnc5OC)ccc4c3F)c2cc1OC. The molecule has 0 saturated carbocycles. The van der Waals surface area contributed by atoms with Crippen LogP contribution in [-0.4, -0.2) is 37.2 Å². The molecule has 200 valence electrons. The van der Waals surface area contributed by atoms with Gasteiger partial charge in [0.05, 0.1) is 26.8 Å². The molecule has 5 aromatic rings. The van der Waals surface area contributed by atoms with Crippen LogP contribution in [0.4, 0.5) is 10.1 Å². The molecule has 0 aliphatic rings. The number of carbonyl (C=O) groups excluding carboxylic acids is 1. The molecule has 0 bridgehead atoms. The van der Waals surface area contributed by atoms with Crippen molar-refractivity contribution in [3.05, 3.63) is 84.4 Å². The number of ether oxygens (including phenoxy) is 4. The normalized spacial score (nSPS) is 10.4. The van der Waals surface area contributed by atoms with E-state index in [1.165, 1.54) is 20.4 Å². The molecular formula is C30H28FN3O5. The van der Waals surface area contributed by atoms with E-state index in [0.717, 1.165) is 0 Å². The first kappa shape index (κ1) is 27.1. The minimum Gasteiger partial charge on any atom is -0.493 e. The summed E-state index contributed by atoms with van der Waals surface area (Å²) in [5.74, 6) is 0.793. The van der Waals surface area contributed by atoms with Gasteiger partial charge in [0.15, 0.2) is 23.1 Å². The molecule has 0 fully saturated rings. The Kier molecular flexibility index (Phi) is 8.40. The van der Waals surface area contributed by atoms with E-state index in [4.69, 9.17) is 18.9 Å². The Morgan fingerprint density at radius 3 is 2.28 bits per heavy atom. The monoisotopic (exact) mass is 529 g/mol. The predicted octanol–water partition coefficient (Wildman–Crippen LogP) is 7.02. The fourth-order valence-corrected chi connectivity index (χ4v) is 4.01. The highest BCUT2D eigenvalue weighted by molar-refractivity contribution is 6.06. The number of anilines is 1. The molecule has 2 heterocycles. The molecule has 5 rings (SSSR count). The maximum Gasteiger partial charge on any atom is 0.261 e. The van der Waals surface area contributed by atoms with Gasteiger partial charge in [-0.3, -0.25) is 9.78 Å². The molecule has 0 unspecified atom stereocenters. The molecular weight excluding hydrogens is 501 g/mol. The van der Waals surface area contributed by atoms with Gasteiger partial charge in [0, 0.05) is 34.9 Å². The second-order valence-electron chi connectivity index (χ2n) is 7.96. The molecule has 3 aromatic carbocycles. The summed E-state index contributed by atoms with van der Waals surface area (Å²) in [6, 6.07) is 16.5. The number of nitrogens with zero attached hydrogens (tertiary/aromatic N) is 2. The number of aromatic nitrogens is 2. The maximum absolute atomic E-state index is 15.5. The van der Waals surface area contributed by atoms with Crippen molar-refractivity contribution in [3.63, 3.8) is 0 Å². The average Bonchev–Trinajstić information content (AvgIpc) is 2.98. The molecule has 9 heteroatoms. The van der Waals surface area contributed by atoms with Crippen LogP contribution in [0.3, 0.4) is 0 Å². The van der Waals surface area contributed by atoms with Crippen molar-refractivity contribution < 1.29 is 28.1 Å². The summed E-state index contributed by atoms with van der Waals surface area (Å²) in [5, 5.41) is 4.37. The second kappa shape index (κ2) is 12.1. The maximum atomic E-state index is 15.5. The third kappa shape index (κ3) is 5.52. The molecule has 8 nitrogen and oxygen atoms in total. The molecule has 0 atom stereocenters. The zero-order valence-electron chi connectivity index (χ0n) is 22.2. The van der Waals surface area contributed by atoms with Crippen molar-refractivity contribution in [3.8, 4) is 28.9 Å². The molecule has 0 spiro atoms. The lowest BCUT2D eigenvalue weighted by molar-refractivity contribution is 0.102. The molecule has 0 saturated heterocycles. The molecule has 0 aliphatic heterocycles. The Morgan fingerprint density at radius 2 is 1.54 bits per heavy atom. The smallest absolute Gasteiger partial charge is 0.261 e. The first-order chi connectivity index (χ1) is 19.0. The van der Waals surface area contributed by atoms with Crippen molar-refractivity contribution in [2.45, 2.75) is 13.8 Å². The molecule has 1 amide bonds. The van der Waals surface area contributed by atoms with Gasteiger partial charge < -0.3 is 24.3 Å². The molecule has 39 heavy (non-hydrogen) atoms. The average molecular weight is 530 g/mol. The Balaban J connectivity index is 0.00000172. The lowest BCUT2D eigenvalue weighted by Crippen LogP contribution is -2.13. The summed E-state index contributed by atoms with van der Waals surface area (Å²) in [4.78, 5) is 21.1. The number of hydrogen-bond acceptors (Lipinski definition) is 7. The third-order valence-corrected chi connectivity index (χ3v) is 5.81. The first-order valence-corrected chi connectivity index (χ1v) is 12.2. The summed E-state index contributed by atoms with van der Waals surface area (Å²) in [6.07, 6.45) is 3.12. The Hall–Kier alpha value is -4.92. The zero-order chi connectivity index (χ0) is 27.9. The van der Waals surface area contributed by atoms with Gasteiger partial charge in [-0.25, -0.2) is 9.37 Å². The van der Waals surface area contributed by atoms with Crippen molar-refractivity contribution >= 4 is 33.3 Å². The van der Waals surface area contributed by atoms with E-state index in [9.17, 15) is 4.79 Å². The molecule has 2 aromatic heterocycles. The quantitative estimate of drug-likeness (QED) is 0.242.